The molecule has 2 rings (SSSR count). The third kappa shape index (κ3) is 3.77. The fourth-order valence-corrected chi connectivity index (χ4v) is 4.40. The summed E-state index contributed by atoms with van der Waals surface area (Å²) in [5.74, 6) is -3.12. The third-order valence-corrected chi connectivity index (χ3v) is 5.40. The van der Waals surface area contributed by atoms with Crippen molar-refractivity contribution in [3.63, 3.8) is 0 Å². The second-order valence-electron chi connectivity index (χ2n) is 7.29. The highest BCUT2D eigenvalue weighted by atomic mass is 16.6. The molecular formula is C20H25NO6. The van der Waals surface area contributed by atoms with Crippen molar-refractivity contribution in [2.45, 2.75) is 52.5 Å². The van der Waals surface area contributed by atoms with Crippen LogP contribution in [0.15, 0.2) is 24.3 Å². The maximum atomic E-state index is 12.9. The molecule has 0 radical (unpaired) electrons. The fraction of sp³-hybridized carbons (Fsp3) is 0.550. The summed E-state index contributed by atoms with van der Waals surface area (Å²) in [6, 6.07) is 5.82. The van der Waals surface area contributed by atoms with Crippen LogP contribution in [0.25, 0.3) is 0 Å². The van der Waals surface area contributed by atoms with E-state index in [0.29, 0.717) is 5.56 Å². The number of aryl methyl sites for hydroxylation is 1. The number of benzene rings is 1. The zero-order valence-electron chi connectivity index (χ0n) is 16.1. The molecule has 0 saturated heterocycles. The Hall–Kier alpha value is -2.57. The van der Waals surface area contributed by atoms with E-state index in [1.54, 1.807) is 25.1 Å². The van der Waals surface area contributed by atoms with E-state index in [2.05, 4.69) is 0 Å². The van der Waals surface area contributed by atoms with Gasteiger partial charge in [-0.2, -0.15) is 0 Å². The highest BCUT2D eigenvalue weighted by Gasteiger charge is 2.66. The molecule has 0 heterocycles. The monoisotopic (exact) mass is 375 g/mol. The molecule has 0 bridgehead atoms. The Bertz CT molecular complexity index is 773. The Morgan fingerprint density at radius 1 is 1.30 bits per heavy atom. The van der Waals surface area contributed by atoms with E-state index in [9.17, 15) is 24.5 Å². The Balaban J connectivity index is 2.73. The van der Waals surface area contributed by atoms with E-state index in [-0.39, 0.29) is 25.2 Å². The van der Waals surface area contributed by atoms with Gasteiger partial charge in [0.05, 0.1) is 12.5 Å². The highest BCUT2D eigenvalue weighted by molar-refractivity contribution is 6.04. The van der Waals surface area contributed by atoms with Gasteiger partial charge in [-0.05, 0) is 39.7 Å². The summed E-state index contributed by atoms with van der Waals surface area (Å²) in [5.41, 5.74) is -0.251. The van der Waals surface area contributed by atoms with Crippen molar-refractivity contribution >= 4 is 17.5 Å². The first kappa shape index (κ1) is 20.7. The maximum absolute atomic E-state index is 12.9. The fourth-order valence-electron chi connectivity index (χ4n) is 4.40. The molecule has 0 aliphatic heterocycles. The summed E-state index contributed by atoms with van der Waals surface area (Å²) in [7, 11) is 0. The number of ether oxygens (including phenoxy) is 1. The lowest BCUT2D eigenvalue weighted by atomic mass is 9.70. The first-order chi connectivity index (χ1) is 12.6. The molecule has 146 valence electrons. The summed E-state index contributed by atoms with van der Waals surface area (Å²) in [4.78, 5) is 48.9. The van der Waals surface area contributed by atoms with Crippen LogP contribution in [-0.2, 0) is 19.1 Å². The molecule has 7 nitrogen and oxygen atoms in total. The number of esters is 1. The van der Waals surface area contributed by atoms with Crippen LogP contribution in [0.2, 0.25) is 0 Å². The van der Waals surface area contributed by atoms with Crippen molar-refractivity contribution in [1.82, 2.24) is 0 Å². The SMILES string of the molecule is CCOC(=O)[C@]1(C(C)=O)C[C@@H](CC(C)=O)[C@@H]([N+](=O)[O-])[C@@H]1c1cccc(C)c1. The lowest BCUT2D eigenvalue weighted by Gasteiger charge is -2.31. The molecule has 0 N–H and O–H groups in total. The third-order valence-electron chi connectivity index (χ3n) is 5.40. The number of Topliss-reactive ketones (excluding diaryl/α,β-unsaturated/α-hetero) is 2. The van der Waals surface area contributed by atoms with E-state index in [1.165, 1.54) is 13.8 Å². The number of carbonyl (C=O) groups excluding carboxylic acids is 3. The summed E-state index contributed by atoms with van der Waals surface area (Å²) >= 11 is 0. The van der Waals surface area contributed by atoms with Crippen LogP contribution in [0.1, 0.15) is 50.7 Å². The summed E-state index contributed by atoms with van der Waals surface area (Å²) in [5, 5.41) is 12.0. The van der Waals surface area contributed by atoms with E-state index < -0.39 is 40.0 Å². The molecule has 0 unspecified atom stereocenters. The number of hydrogen-bond acceptors (Lipinski definition) is 6. The van der Waals surface area contributed by atoms with Gasteiger partial charge in [0.15, 0.2) is 0 Å². The normalized spacial score (nSPS) is 27.2. The second kappa shape index (κ2) is 7.98. The van der Waals surface area contributed by atoms with Gasteiger partial charge in [0.25, 0.3) is 0 Å². The van der Waals surface area contributed by atoms with Crippen LogP contribution < -0.4 is 0 Å². The number of nitrogens with zero attached hydrogens (tertiary/aromatic N) is 1. The molecule has 1 aliphatic carbocycles. The van der Waals surface area contributed by atoms with Crippen molar-refractivity contribution in [3.05, 3.63) is 45.5 Å². The Labute approximate surface area is 158 Å². The number of carbonyl (C=O) groups is 3. The van der Waals surface area contributed by atoms with Crippen LogP contribution in [-0.4, -0.2) is 35.1 Å². The minimum absolute atomic E-state index is 0.0532. The van der Waals surface area contributed by atoms with E-state index >= 15 is 0 Å². The average molecular weight is 375 g/mol. The topological polar surface area (TPSA) is 104 Å². The Kier molecular flexibility index (Phi) is 6.13. The van der Waals surface area contributed by atoms with E-state index in [0.717, 1.165) is 5.56 Å². The van der Waals surface area contributed by atoms with Crippen LogP contribution in [0.4, 0.5) is 0 Å². The first-order valence-corrected chi connectivity index (χ1v) is 9.02. The van der Waals surface area contributed by atoms with Gasteiger partial charge < -0.3 is 9.53 Å². The lowest BCUT2D eigenvalue weighted by molar-refractivity contribution is -0.532. The molecule has 27 heavy (non-hydrogen) atoms. The van der Waals surface area contributed by atoms with Gasteiger partial charge in [-0.25, -0.2) is 0 Å². The molecule has 4 atom stereocenters. The van der Waals surface area contributed by atoms with Gasteiger partial charge in [0.2, 0.25) is 6.04 Å². The Morgan fingerprint density at radius 3 is 2.44 bits per heavy atom. The van der Waals surface area contributed by atoms with E-state index in [1.807, 2.05) is 13.0 Å². The van der Waals surface area contributed by atoms with Crippen molar-refractivity contribution < 1.29 is 24.0 Å². The number of hydrogen-bond donors (Lipinski definition) is 0. The molecule has 0 spiro atoms. The predicted octanol–water partition coefficient (Wildman–Crippen LogP) is 2.86. The van der Waals surface area contributed by atoms with Gasteiger partial charge in [-0.1, -0.05) is 29.8 Å². The first-order valence-electron chi connectivity index (χ1n) is 9.02. The van der Waals surface area contributed by atoms with E-state index in [4.69, 9.17) is 4.74 Å². The zero-order valence-corrected chi connectivity index (χ0v) is 16.1. The number of nitro groups is 1. The molecule has 1 aromatic carbocycles. The van der Waals surface area contributed by atoms with Crippen molar-refractivity contribution in [2.24, 2.45) is 11.3 Å². The molecular weight excluding hydrogens is 350 g/mol. The average Bonchev–Trinajstić information content (AvgIpc) is 2.90. The van der Waals surface area contributed by atoms with Crippen molar-refractivity contribution in [2.75, 3.05) is 6.61 Å². The number of rotatable bonds is 7. The van der Waals surface area contributed by atoms with Gasteiger partial charge in [-0.3, -0.25) is 19.7 Å². The zero-order chi connectivity index (χ0) is 20.4. The molecule has 1 saturated carbocycles. The summed E-state index contributed by atoms with van der Waals surface area (Å²) < 4.78 is 5.19. The van der Waals surface area contributed by atoms with Crippen molar-refractivity contribution in [3.8, 4) is 0 Å². The van der Waals surface area contributed by atoms with Gasteiger partial charge in [-0.15, -0.1) is 0 Å². The molecule has 7 heteroatoms. The lowest BCUT2D eigenvalue weighted by Crippen LogP contribution is -2.44. The molecule has 0 amide bonds. The minimum Gasteiger partial charge on any atom is -0.465 e. The minimum atomic E-state index is -1.67. The second-order valence-corrected chi connectivity index (χ2v) is 7.29. The highest BCUT2D eigenvalue weighted by Crippen LogP contribution is 2.55. The standard InChI is InChI=1S/C20H25NO6/c1-5-27-19(24)20(14(4)23)11-16(10-13(3)22)18(21(25)26)17(20)15-8-6-7-12(2)9-15/h6-9,16-18H,5,10-11H2,1-4H3/t16-,17+,18-,20+/m1/s1. The molecule has 1 fully saturated rings. The van der Waals surface area contributed by atoms with Crippen LogP contribution >= 0.6 is 0 Å². The van der Waals surface area contributed by atoms with Crippen molar-refractivity contribution in [1.29, 1.82) is 0 Å². The molecule has 1 aliphatic rings. The molecule has 1 aromatic rings. The largest absolute Gasteiger partial charge is 0.465 e. The summed E-state index contributed by atoms with van der Waals surface area (Å²) in [6.07, 6.45) is -0.118. The molecule has 0 aromatic heterocycles. The van der Waals surface area contributed by atoms with Gasteiger partial charge in [0, 0.05) is 17.3 Å². The predicted molar refractivity (Wildman–Crippen MR) is 97.9 cm³/mol. The Morgan fingerprint density at radius 2 is 1.96 bits per heavy atom. The van der Waals surface area contributed by atoms with Gasteiger partial charge in [0.1, 0.15) is 17.0 Å². The summed E-state index contributed by atoms with van der Waals surface area (Å²) in [6.45, 7) is 6.16. The van der Waals surface area contributed by atoms with Gasteiger partial charge >= 0.3 is 5.97 Å². The quantitative estimate of drug-likeness (QED) is 0.314. The smallest absolute Gasteiger partial charge is 0.320 e. The van der Waals surface area contributed by atoms with Crippen LogP contribution in [0.5, 0.6) is 0 Å². The maximum Gasteiger partial charge on any atom is 0.320 e. The number of ketones is 2. The van der Waals surface area contributed by atoms with Crippen LogP contribution in [0, 0.1) is 28.4 Å². The van der Waals surface area contributed by atoms with Crippen LogP contribution in [0.3, 0.4) is 0 Å².